The van der Waals surface area contributed by atoms with Crippen LogP contribution in [0.3, 0.4) is 0 Å². The monoisotopic (exact) mass is 289 g/mol. The summed E-state index contributed by atoms with van der Waals surface area (Å²) in [6.07, 6.45) is 0. The molecule has 2 rings (SSSR count). The highest BCUT2D eigenvalue weighted by Crippen LogP contribution is 2.31. The molecule has 0 spiro atoms. The van der Waals surface area contributed by atoms with Gasteiger partial charge in [0.2, 0.25) is 0 Å². The number of benzene rings is 2. The Morgan fingerprint density at radius 1 is 1.10 bits per heavy atom. The fourth-order valence-corrected chi connectivity index (χ4v) is 2.03. The number of aryl methyl sites for hydroxylation is 1. The van der Waals surface area contributed by atoms with E-state index < -0.39 is 0 Å². The molecule has 106 valence electrons. The van der Waals surface area contributed by atoms with Crippen molar-refractivity contribution in [3.63, 3.8) is 0 Å². The van der Waals surface area contributed by atoms with Gasteiger partial charge in [0, 0.05) is 18.2 Å². The number of hydrogen-bond donors (Lipinski definition) is 1. The van der Waals surface area contributed by atoms with Crippen molar-refractivity contribution in [3.05, 3.63) is 58.6 Å². The van der Waals surface area contributed by atoms with Crippen LogP contribution in [0.15, 0.2) is 42.5 Å². The van der Waals surface area contributed by atoms with Crippen LogP contribution in [0.1, 0.15) is 25.0 Å². The normalized spacial score (nSPS) is 10.8. The Labute approximate surface area is 125 Å². The first-order chi connectivity index (χ1) is 9.56. The molecule has 20 heavy (non-hydrogen) atoms. The van der Waals surface area contributed by atoms with Gasteiger partial charge in [-0.2, -0.15) is 0 Å². The first kappa shape index (κ1) is 14.9. The second-order valence-electron chi connectivity index (χ2n) is 5.18. The van der Waals surface area contributed by atoms with E-state index in [1.807, 2.05) is 43.3 Å². The summed E-state index contributed by atoms with van der Waals surface area (Å²) in [6, 6.07) is 14.2. The standard InChI is InChI=1S/C17H20ClNO/c1-12(2)19-11-14-6-4-5-7-16(14)20-17-10-13(3)8-9-15(17)18/h4-10,12,19H,11H2,1-3H3. The average Bonchev–Trinajstić information content (AvgIpc) is 2.42. The van der Waals surface area contributed by atoms with Crippen LogP contribution in [0.25, 0.3) is 0 Å². The smallest absolute Gasteiger partial charge is 0.146 e. The average molecular weight is 290 g/mol. The molecule has 0 amide bonds. The van der Waals surface area contributed by atoms with Crippen LogP contribution in [0, 0.1) is 6.92 Å². The molecular formula is C17H20ClNO. The van der Waals surface area contributed by atoms with Gasteiger partial charge in [-0.25, -0.2) is 0 Å². The van der Waals surface area contributed by atoms with Gasteiger partial charge in [-0.3, -0.25) is 0 Å². The molecule has 0 radical (unpaired) electrons. The molecule has 0 aliphatic carbocycles. The van der Waals surface area contributed by atoms with Crippen molar-refractivity contribution >= 4 is 11.6 Å². The Balaban J connectivity index is 2.22. The van der Waals surface area contributed by atoms with E-state index in [0.717, 1.165) is 23.4 Å². The first-order valence-electron chi connectivity index (χ1n) is 6.81. The minimum atomic E-state index is 0.436. The molecule has 0 fully saturated rings. The zero-order chi connectivity index (χ0) is 14.5. The molecule has 0 unspecified atom stereocenters. The van der Waals surface area contributed by atoms with E-state index in [9.17, 15) is 0 Å². The predicted octanol–water partition coefficient (Wildman–Crippen LogP) is 4.94. The summed E-state index contributed by atoms with van der Waals surface area (Å²) in [4.78, 5) is 0. The van der Waals surface area contributed by atoms with Gasteiger partial charge in [-0.1, -0.05) is 49.7 Å². The van der Waals surface area contributed by atoms with Crippen molar-refractivity contribution in [2.24, 2.45) is 0 Å². The zero-order valence-corrected chi connectivity index (χ0v) is 12.9. The lowest BCUT2D eigenvalue weighted by Crippen LogP contribution is -2.22. The second kappa shape index (κ2) is 6.78. The van der Waals surface area contributed by atoms with Gasteiger partial charge in [0.15, 0.2) is 0 Å². The fraction of sp³-hybridized carbons (Fsp3) is 0.294. The van der Waals surface area contributed by atoms with E-state index in [2.05, 4.69) is 25.2 Å². The van der Waals surface area contributed by atoms with Crippen molar-refractivity contribution in [1.82, 2.24) is 5.32 Å². The Morgan fingerprint density at radius 2 is 1.85 bits per heavy atom. The molecule has 0 atom stereocenters. The lowest BCUT2D eigenvalue weighted by molar-refractivity contribution is 0.469. The van der Waals surface area contributed by atoms with E-state index >= 15 is 0 Å². The van der Waals surface area contributed by atoms with Crippen LogP contribution in [0.2, 0.25) is 5.02 Å². The lowest BCUT2D eigenvalue weighted by Gasteiger charge is -2.14. The summed E-state index contributed by atoms with van der Waals surface area (Å²) < 4.78 is 5.98. The molecule has 2 nitrogen and oxygen atoms in total. The summed E-state index contributed by atoms with van der Waals surface area (Å²) >= 11 is 6.19. The highest BCUT2D eigenvalue weighted by atomic mass is 35.5. The van der Waals surface area contributed by atoms with Crippen molar-refractivity contribution in [3.8, 4) is 11.5 Å². The largest absolute Gasteiger partial charge is 0.455 e. The Kier molecular flexibility index (Phi) is 5.05. The van der Waals surface area contributed by atoms with Crippen molar-refractivity contribution < 1.29 is 4.74 Å². The zero-order valence-electron chi connectivity index (χ0n) is 12.1. The highest BCUT2D eigenvalue weighted by molar-refractivity contribution is 6.32. The Hall–Kier alpha value is -1.51. The maximum atomic E-state index is 6.19. The molecule has 0 heterocycles. The maximum absolute atomic E-state index is 6.19. The third kappa shape index (κ3) is 3.99. The second-order valence-corrected chi connectivity index (χ2v) is 5.59. The van der Waals surface area contributed by atoms with E-state index in [0.29, 0.717) is 16.8 Å². The minimum Gasteiger partial charge on any atom is -0.455 e. The van der Waals surface area contributed by atoms with Crippen LogP contribution in [0.5, 0.6) is 11.5 Å². The molecule has 0 aromatic heterocycles. The Morgan fingerprint density at radius 3 is 2.60 bits per heavy atom. The quantitative estimate of drug-likeness (QED) is 0.842. The fourth-order valence-electron chi connectivity index (χ4n) is 1.87. The van der Waals surface area contributed by atoms with E-state index in [-0.39, 0.29) is 0 Å². The first-order valence-corrected chi connectivity index (χ1v) is 7.19. The van der Waals surface area contributed by atoms with Gasteiger partial charge in [0.25, 0.3) is 0 Å². The van der Waals surface area contributed by atoms with E-state index in [1.54, 1.807) is 0 Å². The van der Waals surface area contributed by atoms with Gasteiger partial charge in [0.1, 0.15) is 11.5 Å². The molecular weight excluding hydrogens is 270 g/mol. The van der Waals surface area contributed by atoms with Crippen molar-refractivity contribution in [2.75, 3.05) is 0 Å². The summed E-state index contributed by atoms with van der Waals surface area (Å²) in [5, 5.41) is 4.03. The number of ether oxygens (including phenoxy) is 1. The summed E-state index contributed by atoms with van der Waals surface area (Å²) in [7, 11) is 0. The minimum absolute atomic E-state index is 0.436. The van der Waals surface area contributed by atoms with Gasteiger partial charge < -0.3 is 10.1 Å². The van der Waals surface area contributed by atoms with Gasteiger partial charge in [-0.15, -0.1) is 0 Å². The van der Waals surface area contributed by atoms with Crippen LogP contribution >= 0.6 is 11.6 Å². The number of nitrogens with one attached hydrogen (secondary N) is 1. The molecule has 1 N–H and O–H groups in total. The number of para-hydroxylation sites is 1. The maximum Gasteiger partial charge on any atom is 0.146 e. The van der Waals surface area contributed by atoms with Crippen LogP contribution in [-0.2, 0) is 6.54 Å². The lowest BCUT2D eigenvalue weighted by atomic mass is 10.2. The van der Waals surface area contributed by atoms with Crippen molar-refractivity contribution in [2.45, 2.75) is 33.4 Å². The molecule has 3 heteroatoms. The van der Waals surface area contributed by atoms with Gasteiger partial charge in [-0.05, 0) is 30.7 Å². The van der Waals surface area contributed by atoms with Crippen molar-refractivity contribution in [1.29, 1.82) is 0 Å². The summed E-state index contributed by atoms with van der Waals surface area (Å²) in [5.74, 6) is 1.54. The third-order valence-corrected chi connectivity index (χ3v) is 3.29. The van der Waals surface area contributed by atoms with Gasteiger partial charge in [0.05, 0.1) is 5.02 Å². The molecule has 2 aromatic carbocycles. The number of hydrogen-bond acceptors (Lipinski definition) is 2. The summed E-state index contributed by atoms with van der Waals surface area (Å²) in [6.45, 7) is 7.05. The third-order valence-electron chi connectivity index (χ3n) is 2.98. The van der Waals surface area contributed by atoms with Crippen LogP contribution in [-0.4, -0.2) is 6.04 Å². The topological polar surface area (TPSA) is 21.3 Å². The highest BCUT2D eigenvalue weighted by Gasteiger charge is 2.08. The van der Waals surface area contributed by atoms with Gasteiger partial charge >= 0.3 is 0 Å². The molecule has 0 aliphatic rings. The van der Waals surface area contributed by atoms with Crippen LogP contribution < -0.4 is 10.1 Å². The number of rotatable bonds is 5. The molecule has 0 saturated heterocycles. The van der Waals surface area contributed by atoms with E-state index in [1.165, 1.54) is 0 Å². The van der Waals surface area contributed by atoms with Crippen LogP contribution in [0.4, 0.5) is 0 Å². The summed E-state index contributed by atoms with van der Waals surface area (Å²) in [5.41, 5.74) is 2.25. The van der Waals surface area contributed by atoms with E-state index in [4.69, 9.17) is 16.3 Å². The molecule has 0 bridgehead atoms. The molecule has 0 aliphatic heterocycles. The SMILES string of the molecule is Cc1ccc(Cl)c(Oc2ccccc2CNC(C)C)c1. The predicted molar refractivity (Wildman–Crippen MR) is 84.7 cm³/mol. The Bertz CT molecular complexity index is 581. The molecule has 2 aromatic rings. The number of halogens is 1. The molecule has 0 saturated carbocycles.